The molecule has 166 valence electrons. The third kappa shape index (κ3) is 2.64. The second-order valence-electron chi connectivity index (χ2n) is 9.27. The molecule has 0 amide bonds. The summed E-state index contributed by atoms with van der Waals surface area (Å²) in [6.07, 6.45) is 2.08. The number of aromatic nitrogens is 1. The van der Waals surface area contributed by atoms with Crippen molar-refractivity contribution in [3.05, 3.63) is 89.6 Å². The SMILES string of the molecule is Cc1cc2c(oc3ccccc32)c(-c2c3ccc4c5cc(C#N)ccc5oc4c3cc[n+]2C)c1C. The van der Waals surface area contributed by atoms with E-state index in [9.17, 15) is 5.26 Å². The minimum Gasteiger partial charge on any atom is -0.455 e. The lowest BCUT2D eigenvalue weighted by atomic mass is 9.93. The molecule has 0 bridgehead atoms. The summed E-state index contributed by atoms with van der Waals surface area (Å²) in [5.74, 6) is 0. The quantitative estimate of drug-likeness (QED) is 0.240. The van der Waals surface area contributed by atoms with Gasteiger partial charge in [0.05, 0.1) is 22.6 Å². The summed E-state index contributed by atoms with van der Waals surface area (Å²) >= 11 is 0. The molecule has 0 aliphatic rings. The van der Waals surface area contributed by atoms with Gasteiger partial charge in [0.15, 0.2) is 6.20 Å². The van der Waals surface area contributed by atoms with E-state index in [1.807, 2.05) is 24.3 Å². The Kier molecular flexibility index (Phi) is 3.93. The minimum atomic E-state index is 0.628. The number of rotatable bonds is 1. The monoisotopic (exact) mass is 453 g/mol. The molecule has 0 aliphatic heterocycles. The summed E-state index contributed by atoms with van der Waals surface area (Å²) in [4.78, 5) is 0. The molecule has 0 spiro atoms. The van der Waals surface area contributed by atoms with Gasteiger partial charge < -0.3 is 8.83 Å². The van der Waals surface area contributed by atoms with Crippen molar-refractivity contribution < 1.29 is 13.4 Å². The first-order valence-electron chi connectivity index (χ1n) is 11.6. The van der Waals surface area contributed by atoms with E-state index in [-0.39, 0.29) is 0 Å². The smallest absolute Gasteiger partial charge is 0.224 e. The molecule has 4 aromatic carbocycles. The molecule has 0 unspecified atom stereocenters. The molecule has 3 aromatic heterocycles. The third-order valence-corrected chi connectivity index (χ3v) is 7.30. The molecule has 7 aromatic rings. The maximum absolute atomic E-state index is 9.37. The van der Waals surface area contributed by atoms with E-state index >= 15 is 0 Å². The normalized spacial score (nSPS) is 11.8. The van der Waals surface area contributed by atoms with Gasteiger partial charge in [0.25, 0.3) is 0 Å². The number of pyridine rings is 1. The van der Waals surface area contributed by atoms with Gasteiger partial charge in [0.1, 0.15) is 29.4 Å². The summed E-state index contributed by atoms with van der Waals surface area (Å²) < 4.78 is 15.0. The highest BCUT2D eigenvalue weighted by Gasteiger charge is 2.26. The molecule has 0 saturated heterocycles. The van der Waals surface area contributed by atoms with Gasteiger partial charge in [-0.1, -0.05) is 18.2 Å². The lowest BCUT2D eigenvalue weighted by Gasteiger charge is -2.11. The van der Waals surface area contributed by atoms with Crippen molar-refractivity contribution in [2.45, 2.75) is 13.8 Å². The topological polar surface area (TPSA) is 54.0 Å². The second-order valence-corrected chi connectivity index (χ2v) is 9.27. The molecule has 0 fully saturated rings. The predicted octanol–water partition coefficient (Wildman–Crippen LogP) is 7.62. The number of nitrogens with zero attached hydrogens (tertiary/aromatic N) is 2. The van der Waals surface area contributed by atoms with Gasteiger partial charge in [-0.3, -0.25) is 0 Å². The summed E-state index contributed by atoms with van der Waals surface area (Å²) in [5, 5.41) is 15.7. The molecule has 3 heterocycles. The Morgan fingerprint density at radius 3 is 2.31 bits per heavy atom. The number of aryl methyl sites for hydroxylation is 2. The summed E-state index contributed by atoms with van der Waals surface area (Å²) in [6.45, 7) is 4.33. The molecule has 0 aliphatic carbocycles. The molecule has 35 heavy (non-hydrogen) atoms. The van der Waals surface area contributed by atoms with E-state index < -0.39 is 0 Å². The zero-order valence-corrected chi connectivity index (χ0v) is 19.6. The van der Waals surface area contributed by atoms with Gasteiger partial charge in [-0.15, -0.1) is 0 Å². The number of nitriles is 1. The highest BCUT2D eigenvalue weighted by atomic mass is 16.3. The fraction of sp³-hybridized carbons (Fsp3) is 0.0968. The van der Waals surface area contributed by atoms with Gasteiger partial charge in [-0.25, -0.2) is 4.57 Å². The number of benzene rings is 4. The molecular formula is C31H21N2O2+. The third-order valence-electron chi connectivity index (χ3n) is 7.30. The van der Waals surface area contributed by atoms with Crippen molar-refractivity contribution in [2.24, 2.45) is 7.05 Å². The molecule has 0 radical (unpaired) electrons. The van der Waals surface area contributed by atoms with E-state index in [0.29, 0.717) is 5.56 Å². The molecule has 4 nitrogen and oxygen atoms in total. The van der Waals surface area contributed by atoms with Crippen molar-refractivity contribution in [3.63, 3.8) is 0 Å². The molecule has 7 rings (SSSR count). The summed E-state index contributed by atoms with van der Waals surface area (Å²) in [6, 6.07) is 24.6. The van der Waals surface area contributed by atoms with Crippen LogP contribution in [-0.2, 0) is 7.05 Å². The molecule has 0 atom stereocenters. The lowest BCUT2D eigenvalue weighted by molar-refractivity contribution is -0.659. The van der Waals surface area contributed by atoms with Crippen LogP contribution in [0.3, 0.4) is 0 Å². The maximum Gasteiger partial charge on any atom is 0.224 e. The zero-order chi connectivity index (χ0) is 23.8. The van der Waals surface area contributed by atoms with E-state index in [2.05, 4.69) is 74.1 Å². The number of para-hydroxylation sites is 1. The first kappa shape index (κ1) is 19.8. The van der Waals surface area contributed by atoms with Gasteiger partial charge in [-0.2, -0.15) is 5.26 Å². The number of fused-ring (bicyclic) bond motifs is 8. The van der Waals surface area contributed by atoms with Crippen molar-refractivity contribution in [3.8, 4) is 17.3 Å². The summed E-state index contributed by atoms with van der Waals surface area (Å²) in [5.41, 5.74) is 8.66. The minimum absolute atomic E-state index is 0.628. The van der Waals surface area contributed by atoms with Crippen molar-refractivity contribution in [1.29, 1.82) is 5.26 Å². The Morgan fingerprint density at radius 2 is 1.46 bits per heavy atom. The fourth-order valence-corrected chi connectivity index (χ4v) is 5.44. The number of hydrogen-bond acceptors (Lipinski definition) is 3. The number of hydrogen-bond donors (Lipinski definition) is 0. The highest BCUT2D eigenvalue weighted by Crippen LogP contribution is 2.42. The Labute approximate surface area is 201 Å². The van der Waals surface area contributed by atoms with Gasteiger partial charge >= 0.3 is 0 Å². The molecular weight excluding hydrogens is 432 g/mol. The van der Waals surface area contributed by atoms with E-state index in [4.69, 9.17) is 8.83 Å². The average Bonchev–Trinajstić information content (AvgIpc) is 3.43. The molecule has 0 saturated carbocycles. The van der Waals surface area contributed by atoms with Crippen LogP contribution in [-0.4, -0.2) is 0 Å². The number of furan rings is 2. The van der Waals surface area contributed by atoms with Crippen molar-refractivity contribution in [2.75, 3.05) is 0 Å². The first-order valence-corrected chi connectivity index (χ1v) is 11.6. The van der Waals surface area contributed by atoms with Gasteiger partial charge in [0, 0.05) is 33.0 Å². The predicted molar refractivity (Wildman–Crippen MR) is 139 cm³/mol. The van der Waals surface area contributed by atoms with Gasteiger partial charge in [-0.05, 0) is 67.4 Å². The second kappa shape index (κ2) is 6.94. The van der Waals surface area contributed by atoms with E-state index in [1.54, 1.807) is 6.07 Å². The van der Waals surface area contributed by atoms with Crippen LogP contribution in [0.25, 0.3) is 65.9 Å². The largest absolute Gasteiger partial charge is 0.455 e. The summed E-state index contributed by atoms with van der Waals surface area (Å²) in [7, 11) is 2.08. The van der Waals surface area contributed by atoms with Crippen molar-refractivity contribution >= 4 is 54.6 Å². The van der Waals surface area contributed by atoms with E-state index in [1.165, 1.54) is 11.1 Å². The fourth-order valence-electron chi connectivity index (χ4n) is 5.44. The van der Waals surface area contributed by atoms with Gasteiger partial charge in [0.2, 0.25) is 5.69 Å². The van der Waals surface area contributed by atoms with Crippen LogP contribution in [0.5, 0.6) is 0 Å². The van der Waals surface area contributed by atoms with Crippen LogP contribution in [0.15, 0.2) is 81.8 Å². The Bertz CT molecular complexity index is 2050. The Balaban J connectivity index is 1.64. The Morgan fingerprint density at radius 1 is 0.714 bits per heavy atom. The average molecular weight is 454 g/mol. The molecule has 4 heteroatoms. The lowest BCUT2D eigenvalue weighted by Crippen LogP contribution is -2.30. The zero-order valence-electron chi connectivity index (χ0n) is 19.6. The van der Waals surface area contributed by atoms with Crippen LogP contribution in [0.1, 0.15) is 16.7 Å². The van der Waals surface area contributed by atoms with Crippen LogP contribution < -0.4 is 4.57 Å². The standard InChI is InChI=1S/C31H21N2O2/c1-17-14-25-20-6-4-5-7-26(20)35-31(25)28(18(17)2)29-21-9-10-22-24-15-19(16-32)8-11-27(24)34-30(22)23(21)12-13-33(29)3/h4-15H,1-3H3/q+1. The maximum atomic E-state index is 9.37. The first-order chi connectivity index (χ1) is 17.0. The Hall–Kier alpha value is -4.62. The highest BCUT2D eigenvalue weighted by molar-refractivity contribution is 6.18. The molecule has 0 N–H and O–H groups in total. The van der Waals surface area contributed by atoms with Crippen molar-refractivity contribution in [1.82, 2.24) is 0 Å². The van der Waals surface area contributed by atoms with Crippen LogP contribution in [0, 0.1) is 25.2 Å². The van der Waals surface area contributed by atoms with Crippen LogP contribution >= 0.6 is 0 Å². The van der Waals surface area contributed by atoms with E-state index in [0.717, 1.165) is 65.9 Å². The van der Waals surface area contributed by atoms with Crippen LogP contribution in [0.4, 0.5) is 0 Å². The van der Waals surface area contributed by atoms with Crippen LogP contribution in [0.2, 0.25) is 0 Å².